The lowest BCUT2D eigenvalue weighted by Gasteiger charge is -2.05. The summed E-state index contributed by atoms with van der Waals surface area (Å²) in [4.78, 5) is 9.94. The minimum absolute atomic E-state index is 0.0845. The Kier molecular flexibility index (Phi) is 3.21. The molecule has 2 aromatic carbocycles. The standard InChI is InChI=1S/C13H6F2N2O2/c14-9-1-4-13(15)12(6-9)11-3-2-10(17(18)19)5-8(11)7-16/h1-6H. The van der Waals surface area contributed by atoms with Gasteiger partial charge in [-0.2, -0.15) is 5.26 Å². The van der Waals surface area contributed by atoms with Crippen LogP contribution >= 0.6 is 0 Å². The summed E-state index contributed by atoms with van der Waals surface area (Å²) >= 11 is 0. The molecule has 4 nitrogen and oxygen atoms in total. The summed E-state index contributed by atoms with van der Waals surface area (Å²) in [6, 6.07) is 7.97. The molecule has 0 aliphatic heterocycles. The molecule has 0 N–H and O–H groups in total. The number of nitriles is 1. The average molecular weight is 260 g/mol. The van der Waals surface area contributed by atoms with Crippen LogP contribution < -0.4 is 0 Å². The molecule has 2 rings (SSSR count). The second kappa shape index (κ2) is 4.82. The molecule has 0 saturated carbocycles. The molecule has 0 bridgehead atoms. The maximum atomic E-state index is 13.6. The van der Waals surface area contributed by atoms with E-state index in [4.69, 9.17) is 5.26 Å². The highest BCUT2D eigenvalue weighted by molar-refractivity contribution is 5.72. The third kappa shape index (κ3) is 2.40. The van der Waals surface area contributed by atoms with E-state index in [1.807, 2.05) is 0 Å². The third-order valence-electron chi connectivity index (χ3n) is 2.55. The Morgan fingerprint density at radius 1 is 1.11 bits per heavy atom. The molecular weight excluding hydrogens is 254 g/mol. The van der Waals surface area contributed by atoms with Crippen molar-refractivity contribution in [2.45, 2.75) is 0 Å². The Morgan fingerprint density at radius 3 is 2.47 bits per heavy atom. The summed E-state index contributed by atoms with van der Waals surface area (Å²) in [6.07, 6.45) is 0. The van der Waals surface area contributed by atoms with E-state index in [2.05, 4.69) is 0 Å². The van der Waals surface area contributed by atoms with Gasteiger partial charge in [-0.05, 0) is 24.3 Å². The molecule has 0 spiro atoms. The Morgan fingerprint density at radius 2 is 1.84 bits per heavy atom. The first-order valence-corrected chi connectivity index (χ1v) is 5.17. The average Bonchev–Trinajstić information content (AvgIpc) is 2.40. The van der Waals surface area contributed by atoms with Crippen molar-refractivity contribution in [2.75, 3.05) is 0 Å². The fraction of sp³-hybridized carbons (Fsp3) is 0. The Balaban J connectivity index is 2.66. The number of hydrogen-bond donors (Lipinski definition) is 0. The zero-order valence-electron chi connectivity index (χ0n) is 9.43. The quantitative estimate of drug-likeness (QED) is 0.613. The van der Waals surface area contributed by atoms with Crippen LogP contribution in [0, 0.1) is 33.1 Å². The first kappa shape index (κ1) is 12.6. The van der Waals surface area contributed by atoms with E-state index in [1.54, 1.807) is 6.07 Å². The van der Waals surface area contributed by atoms with Crippen molar-refractivity contribution in [3.05, 3.63) is 63.7 Å². The van der Waals surface area contributed by atoms with Gasteiger partial charge in [0.05, 0.1) is 10.5 Å². The van der Waals surface area contributed by atoms with Gasteiger partial charge in [0, 0.05) is 23.3 Å². The van der Waals surface area contributed by atoms with Crippen molar-refractivity contribution in [3.8, 4) is 17.2 Å². The van der Waals surface area contributed by atoms with Crippen LogP contribution in [0.3, 0.4) is 0 Å². The van der Waals surface area contributed by atoms with Crippen LogP contribution in [0.2, 0.25) is 0 Å². The molecule has 0 radical (unpaired) electrons. The van der Waals surface area contributed by atoms with Crippen molar-refractivity contribution in [1.29, 1.82) is 5.26 Å². The zero-order valence-corrected chi connectivity index (χ0v) is 9.43. The molecule has 2 aromatic rings. The van der Waals surface area contributed by atoms with Crippen molar-refractivity contribution in [1.82, 2.24) is 0 Å². The van der Waals surface area contributed by atoms with Gasteiger partial charge in [-0.1, -0.05) is 0 Å². The van der Waals surface area contributed by atoms with Crippen LogP contribution in [0.4, 0.5) is 14.5 Å². The van der Waals surface area contributed by atoms with Crippen molar-refractivity contribution in [2.24, 2.45) is 0 Å². The lowest BCUT2D eigenvalue weighted by molar-refractivity contribution is -0.384. The molecule has 0 atom stereocenters. The lowest BCUT2D eigenvalue weighted by Crippen LogP contribution is -1.93. The maximum absolute atomic E-state index is 13.6. The summed E-state index contributed by atoms with van der Waals surface area (Å²) in [7, 11) is 0. The second-order valence-corrected chi connectivity index (χ2v) is 3.72. The van der Waals surface area contributed by atoms with Gasteiger partial charge >= 0.3 is 0 Å². The molecule has 0 aliphatic carbocycles. The summed E-state index contributed by atoms with van der Waals surface area (Å²) in [6.45, 7) is 0. The van der Waals surface area contributed by atoms with Crippen molar-refractivity contribution in [3.63, 3.8) is 0 Å². The van der Waals surface area contributed by atoms with Crippen LogP contribution in [0.5, 0.6) is 0 Å². The van der Waals surface area contributed by atoms with Gasteiger partial charge in [-0.25, -0.2) is 8.78 Å². The minimum atomic E-state index is -0.702. The van der Waals surface area contributed by atoms with E-state index in [0.717, 1.165) is 30.3 Å². The van der Waals surface area contributed by atoms with E-state index < -0.39 is 16.6 Å². The molecule has 0 amide bonds. The van der Waals surface area contributed by atoms with Crippen LogP contribution in [0.15, 0.2) is 36.4 Å². The normalized spacial score (nSPS) is 9.95. The number of rotatable bonds is 2. The molecular formula is C13H6F2N2O2. The Hall–Kier alpha value is -2.81. The van der Waals surface area contributed by atoms with Crippen LogP contribution in [-0.4, -0.2) is 4.92 Å². The number of nitro groups is 1. The summed E-state index contributed by atoms with van der Waals surface area (Å²) in [5.74, 6) is -1.36. The van der Waals surface area contributed by atoms with Gasteiger partial charge in [0.15, 0.2) is 0 Å². The first-order valence-electron chi connectivity index (χ1n) is 5.17. The summed E-state index contributed by atoms with van der Waals surface area (Å²) < 4.78 is 26.7. The molecule has 0 heterocycles. The van der Waals surface area contributed by atoms with Gasteiger partial charge in [0.25, 0.3) is 5.69 Å². The molecule has 19 heavy (non-hydrogen) atoms. The fourth-order valence-electron chi connectivity index (χ4n) is 1.68. The number of benzene rings is 2. The van der Waals surface area contributed by atoms with Gasteiger partial charge in [-0.3, -0.25) is 10.1 Å². The summed E-state index contributed by atoms with van der Waals surface area (Å²) in [5, 5.41) is 19.6. The number of halogens is 2. The highest BCUT2D eigenvalue weighted by Crippen LogP contribution is 2.29. The Bertz CT molecular complexity index is 708. The van der Waals surface area contributed by atoms with E-state index >= 15 is 0 Å². The number of non-ortho nitro benzene ring substituents is 1. The first-order chi connectivity index (χ1) is 9.02. The zero-order chi connectivity index (χ0) is 14.0. The van der Waals surface area contributed by atoms with E-state index in [-0.39, 0.29) is 22.4 Å². The van der Waals surface area contributed by atoms with Crippen molar-refractivity contribution < 1.29 is 13.7 Å². The SMILES string of the molecule is N#Cc1cc([N+](=O)[O-])ccc1-c1cc(F)ccc1F. The third-order valence-corrected chi connectivity index (χ3v) is 2.55. The van der Waals surface area contributed by atoms with Gasteiger partial charge in [0.1, 0.15) is 17.7 Å². The molecule has 0 unspecified atom stereocenters. The number of nitrogens with zero attached hydrogens (tertiary/aromatic N) is 2. The fourth-order valence-corrected chi connectivity index (χ4v) is 1.68. The van der Waals surface area contributed by atoms with Crippen LogP contribution in [-0.2, 0) is 0 Å². The van der Waals surface area contributed by atoms with Gasteiger partial charge in [-0.15, -0.1) is 0 Å². The lowest BCUT2D eigenvalue weighted by atomic mass is 9.99. The molecule has 0 fully saturated rings. The topological polar surface area (TPSA) is 66.9 Å². The summed E-state index contributed by atoms with van der Waals surface area (Å²) in [5.41, 5.74) is -0.354. The molecule has 6 heteroatoms. The van der Waals surface area contributed by atoms with E-state index in [9.17, 15) is 18.9 Å². The van der Waals surface area contributed by atoms with E-state index in [1.165, 1.54) is 6.07 Å². The second-order valence-electron chi connectivity index (χ2n) is 3.72. The van der Waals surface area contributed by atoms with E-state index in [0.29, 0.717) is 0 Å². The monoisotopic (exact) mass is 260 g/mol. The minimum Gasteiger partial charge on any atom is -0.258 e. The van der Waals surface area contributed by atoms with Gasteiger partial charge in [0.2, 0.25) is 0 Å². The van der Waals surface area contributed by atoms with Crippen LogP contribution in [0.25, 0.3) is 11.1 Å². The highest BCUT2D eigenvalue weighted by atomic mass is 19.1. The largest absolute Gasteiger partial charge is 0.270 e. The van der Waals surface area contributed by atoms with Crippen LogP contribution in [0.1, 0.15) is 5.56 Å². The predicted molar refractivity (Wildman–Crippen MR) is 63.2 cm³/mol. The van der Waals surface area contributed by atoms with Gasteiger partial charge < -0.3 is 0 Å². The molecule has 0 aliphatic rings. The molecule has 0 aromatic heterocycles. The van der Waals surface area contributed by atoms with Crippen molar-refractivity contribution >= 4 is 5.69 Å². The number of hydrogen-bond acceptors (Lipinski definition) is 3. The smallest absolute Gasteiger partial charge is 0.258 e. The number of nitro benzene ring substituents is 1. The maximum Gasteiger partial charge on any atom is 0.270 e. The molecule has 0 saturated heterocycles. The Labute approximate surface area is 106 Å². The molecule has 94 valence electrons. The predicted octanol–water partition coefficient (Wildman–Crippen LogP) is 3.41. The highest BCUT2D eigenvalue weighted by Gasteiger charge is 2.15.